The predicted molar refractivity (Wildman–Crippen MR) is 90.8 cm³/mol. The van der Waals surface area contributed by atoms with E-state index in [0.717, 1.165) is 18.9 Å². The molecule has 0 N–H and O–H groups in total. The van der Waals surface area contributed by atoms with Crippen LogP contribution in [-0.2, 0) is 6.18 Å². The Morgan fingerprint density at radius 1 is 1.00 bits per heavy atom. The SMILES string of the molecule is FC(F)(F)c1cc(N2CCC(n3cncn3)CC2)nc(-c2ccncc2)n1. The van der Waals surface area contributed by atoms with Crippen molar-refractivity contribution in [2.24, 2.45) is 0 Å². The maximum atomic E-state index is 13.3. The van der Waals surface area contributed by atoms with E-state index in [0.29, 0.717) is 18.7 Å². The van der Waals surface area contributed by atoms with Crippen molar-refractivity contribution in [1.29, 1.82) is 0 Å². The molecular weight excluding hydrogens is 359 g/mol. The molecular formula is C17H16F3N7. The van der Waals surface area contributed by atoms with Gasteiger partial charge in [0, 0.05) is 37.1 Å². The fourth-order valence-electron chi connectivity index (χ4n) is 3.14. The number of piperidine rings is 1. The van der Waals surface area contributed by atoms with Crippen LogP contribution in [0.4, 0.5) is 19.0 Å². The summed E-state index contributed by atoms with van der Waals surface area (Å²) >= 11 is 0. The Hall–Kier alpha value is -3.04. The second kappa shape index (κ2) is 6.93. The van der Waals surface area contributed by atoms with E-state index < -0.39 is 11.9 Å². The summed E-state index contributed by atoms with van der Waals surface area (Å²) in [5.41, 5.74) is -0.451. The first kappa shape index (κ1) is 17.4. The van der Waals surface area contributed by atoms with Crippen LogP contribution in [0.15, 0.2) is 43.2 Å². The topological polar surface area (TPSA) is 72.6 Å². The number of alkyl halides is 3. The predicted octanol–water partition coefficient (Wildman–Crippen LogP) is 2.99. The molecule has 7 nitrogen and oxygen atoms in total. The first-order valence-corrected chi connectivity index (χ1v) is 8.46. The third-order valence-corrected chi connectivity index (χ3v) is 4.54. The van der Waals surface area contributed by atoms with Gasteiger partial charge in [-0.1, -0.05) is 0 Å². The molecule has 140 valence electrons. The summed E-state index contributed by atoms with van der Waals surface area (Å²) in [6.07, 6.45) is 3.10. The molecule has 0 unspecified atom stereocenters. The van der Waals surface area contributed by atoms with Gasteiger partial charge in [0.15, 0.2) is 11.5 Å². The van der Waals surface area contributed by atoms with Gasteiger partial charge < -0.3 is 4.90 Å². The number of rotatable bonds is 3. The molecule has 10 heteroatoms. The Balaban J connectivity index is 1.62. The summed E-state index contributed by atoms with van der Waals surface area (Å²) in [6.45, 7) is 1.16. The van der Waals surface area contributed by atoms with E-state index in [-0.39, 0.29) is 17.7 Å². The van der Waals surface area contributed by atoms with Crippen LogP contribution in [0.5, 0.6) is 0 Å². The summed E-state index contributed by atoms with van der Waals surface area (Å²) in [6, 6.07) is 4.39. The summed E-state index contributed by atoms with van der Waals surface area (Å²) in [4.78, 5) is 17.8. The summed E-state index contributed by atoms with van der Waals surface area (Å²) in [5, 5.41) is 4.14. The van der Waals surface area contributed by atoms with Crippen LogP contribution >= 0.6 is 0 Å². The van der Waals surface area contributed by atoms with Crippen LogP contribution in [0, 0.1) is 0 Å². The van der Waals surface area contributed by atoms with Gasteiger partial charge >= 0.3 is 6.18 Å². The first-order chi connectivity index (χ1) is 13.0. The minimum atomic E-state index is -4.54. The molecule has 0 atom stereocenters. The van der Waals surface area contributed by atoms with Crippen LogP contribution in [0.1, 0.15) is 24.6 Å². The zero-order valence-corrected chi connectivity index (χ0v) is 14.2. The monoisotopic (exact) mass is 375 g/mol. The number of halogens is 3. The summed E-state index contributed by atoms with van der Waals surface area (Å²) < 4.78 is 41.8. The molecule has 1 aliphatic heterocycles. The Bertz CT molecular complexity index is 889. The average molecular weight is 375 g/mol. The maximum absolute atomic E-state index is 13.3. The van der Waals surface area contributed by atoms with Crippen molar-refractivity contribution in [3.8, 4) is 11.4 Å². The fourth-order valence-corrected chi connectivity index (χ4v) is 3.14. The van der Waals surface area contributed by atoms with E-state index in [1.807, 2.05) is 4.90 Å². The number of nitrogens with zero attached hydrogens (tertiary/aromatic N) is 7. The lowest BCUT2D eigenvalue weighted by atomic mass is 10.1. The highest BCUT2D eigenvalue weighted by Gasteiger charge is 2.35. The van der Waals surface area contributed by atoms with Gasteiger partial charge in [-0.05, 0) is 25.0 Å². The third kappa shape index (κ3) is 3.74. The van der Waals surface area contributed by atoms with Gasteiger partial charge in [0.1, 0.15) is 18.5 Å². The second-order valence-electron chi connectivity index (χ2n) is 6.26. The Labute approximate surface area is 152 Å². The molecule has 1 saturated heterocycles. The van der Waals surface area contributed by atoms with E-state index in [1.165, 1.54) is 18.7 Å². The van der Waals surface area contributed by atoms with Crippen LogP contribution in [0.3, 0.4) is 0 Å². The van der Waals surface area contributed by atoms with Crippen molar-refractivity contribution >= 4 is 5.82 Å². The first-order valence-electron chi connectivity index (χ1n) is 8.46. The molecule has 0 saturated carbocycles. The highest BCUT2D eigenvalue weighted by Crippen LogP contribution is 2.33. The molecule has 0 aliphatic carbocycles. The lowest BCUT2D eigenvalue weighted by Crippen LogP contribution is -2.35. The summed E-state index contributed by atoms with van der Waals surface area (Å²) in [7, 11) is 0. The van der Waals surface area contributed by atoms with E-state index >= 15 is 0 Å². The smallest absolute Gasteiger partial charge is 0.356 e. The number of hydrogen-bond donors (Lipinski definition) is 0. The van der Waals surface area contributed by atoms with Crippen molar-refractivity contribution in [3.05, 3.63) is 48.9 Å². The van der Waals surface area contributed by atoms with Crippen LogP contribution in [0.2, 0.25) is 0 Å². The quantitative estimate of drug-likeness (QED) is 0.701. The third-order valence-electron chi connectivity index (χ3n) is 4.54. The van der Waals surface area contributed by atoms with Crippen molar-refractivity contribution in [2.45, 2.75) is 25.1 Å². The van der Waals surface area contributed by atoms with E-state index in [2.05, 4.69) is 25.0 Å². The zero-order valence-electron chi connectivity index (χ0n) is 14.2. The molecule has 0 amide bonds. The number of hydrogen-bond acceptors (Lipinski definition) is 6. The van der Waals surface area contributed by atoms with Crippen LogP contribution in [0.25, 0.3) is 11.4 Å². The van der Waals surface area contributed by atoms with E-state index in [9.17, 15) is 13.2 Å². The van der Waals surface area contributed by atoms with Crippen molar-refractivity contribution < 1.29 is 13.2 Å². The molecule has 1 aliphatic rings. The Morgan fingerprint density at radius 3 is 2.37 bits per heavy atom. The maximum Gasteiger partial charge on any atom is 0.433 e. The van der Waals surface area contributed by atoms with E-state index in [1.54, 1.807) is 23.1 Å². The molecule has 4 heterocycles. The number of anilines is 1. The number of aromatic nitrogens is 6. The molecule has 0 aromatic carbocycles. The molecule has 3 aromatic heterocycles. The van der Waals surface area contributed by atoms with Gasteiger partial charge in [0.05, 0.1) is 6.04 Å². The Morgan fingerprint density at radius 2 is 1.74 bits per heavy atom. The molecule has 0 bridgehead atoms. The molecule has 0 radical (unpaired) electrons. The normalized spacial score (nSPS) is 15.9. The van der Waals surface area contributed by atoms with Gasteiger partial charge in [-0.25, -0.2) is 19.6 Å². The lowest BCUT2D eigenvalue weighted by Gasteiger charge is -2.33. The van der Waals surface area contributed by atoms with Gasteiger partial charge in [-0.15, -0.1) is 0 Å². The minimum Gasteiger partial charge on any atom is -0.356 e. The minimum absolute atomic E-state index is 0.0422. The van der Waals surface area contributed by atoms with Gasteiger partial charge in [0.25, 0.3) is 0 Å². The molecule has 1 fully saturated rings. The summed E-state index contributed by atoms with van der Waals surface area (Å²) in [5.74, 6) is 0.321. The molecule has 3 aromatic rings. The van der Waals surface area contributed by atoms with Gasteiger partial charge in [-0.3, -0.25) is 4.98 Å². The Kier molecular flexibility index (Phi) is 4.46. The van der Waals surface area contributed by atoms with E-state index in [4.69, 9.17) is 0 Å². The fraction of sp³-hybridized carbons (Fsp3) is 0.353. The van der Waals surface area contributed by atoms with Crippen molar-refractivity contribution in [2.75, 3.05) is 18.0 Å². The van der Waals surface area contributed by atoms with Gasteiger partial charge in [-0.2, -0.15) is 18.3 Å². The molecule has 4 rings (SSSR count). The largest absolute Gasteiger partial charge is 0.433 e. The van der Waals surface area contributed by atoms with Crippen molar-refractivity contribution in [1.82, 2.24) is 29.7 Å². The molecule has 0 spiro atoms. The standard InChI is InChI=1S/C17H16F3N7/c18-17(19,20)14-9-15(25-16(24-14)12-1-5-21-6-2-12)26-7-3-13(4-8-26)27-11-22-10-23-27/h1-2,5-6,9-11,13H,3-4,7-8H2. The zero-order chi connectivity index (χ0) is 18.9. The second-order valence-corrected chi connectivity index (χ2v) is 6.26. The van der Waals surface area contributed by atoms with Crippen molar-refractivity contribution in [3.63, 3.8) is 0 Å². The van der Waals surface area contributed by atoms with Gasteiger partial charge in [0.2, 0.25) is 0 Å². The van der Waals surface area contributed by atoms with Crippen LogP contribution in [-0.4, -0.2) is 42.8 Å². The molecule has 27 heavy (non-hydrogen) atoms. The highest BCUT2D eigenvalue weighted by molar-refractivity contribution is 5.57. The van der Waals surface area contributed by atoms with Crippen LogP contribution < -0.4 is 4.90 Å². The highest BCUT2D eigenvalue weighted by atomic mass is 19.4. The lowest BCUT2D eigenvalue weighted by molar-refractivity contribution is -0.141. The average Bonchev–Trinajstić information content (AvgIpc) is 3.23. The number of pyridine rings is 1.